The van der Waals surface area contributed by atoms with Gasteiger partial charge in [-0.05, 0) is 365 Å². The quantitative estimate of drug-likeness (QED) is 0.0246. The number of ketones is 2. The number of phenolic OH excluding ortho intramolecular Hbond substituents is 1. The average Bonchev–Trinajstić information content (AvgIpc) is 0.783. The first kappa shape index (κ1) is 119. The molecular weight excluding hydrogens is 1520 g/mol. The smallest absolute Gasteiger partial charge is 0.302 e. The standard InChI is InChI=1S/C15H24.2C13H20O.C12H20O2.C10H12O2.C10H10O2.C10H18O.C10H16O.C10H18.C10H16/c1-10(2)13-8-6-12(4)14-7-5-11(3)9-15(13)14;2*1-10-6-5-9-13(3,4)12(10)8-7-11(2)14;1-10(2)6-5-7-11(3)8-9-14-12(4)13;1-3-4-8-5-6-9(11)10(7-8)12-2;11-7-1-2-9-3-5-10(8-12)6-4-9;2*1-9(2)5-4-6-10(3)7-8-11;1-8(2)10-6-4-9(3)5-7-10;1-5-10(4)8-6-7-9(2)3/h6,9-10,13-15H,5,7-8H2,1-4H3;7-8H,5-6,9H2,1-4H3;6-8,12H,5,9H2,1-4H3;6,8H,5,7,9H2,1-4H3;3,5-7,11H,1,4H2,2H3;1-7,12H,8H2;5,7,11H,4,6,8H2,1-3H3;5,7-8H,4,6H2,1-3H3;4,8,10H,5-7H2,1-3H3;5,7-8H,1,6H2,2-4H3/b;2*8-7+;11-8+;;2-1+;2*10-7+;;10-8+/t13-,14-,15-;;;;;;;;;/m0........./s1. The molecule has 0 saturated heterocycles. The van der Waals surface area contributed by atoms with Gasteiger partial charge in [0.05, 0.1) is 20.3 Å². The number of aliphatic hydroxyl groups excluding tert-OH is 2. The fraction of sp³-hybridized carbons (Fsp3) is 0.531. The van der Waals surface area contributed by atoms with Crippen LogP contribution in [0.2, 0.25) is 0 Å². The lowest BCUT2D eigenvalue weighted by molar-refractivity contribution is -0.139. The van der Waals surface area contributed by atoms with Gasteiger partial charge in [-0.1, -0.05) is 256 Å². The lowest BCUT2D eigenvalue weighted by Crippen LogP contribution is -2.31. The summed E-state index contributed by atoms with van der Waals surface area (Å²) in [5, 5.41) is 26.5. The van der Waals surface area contributed by atoms with Crippen molar-refractivity contribution in [2.75, 3.05) is 20.3 Å². The van der Waals surface area contributed by atoms with E-state index in [4.69, 9.17) is 19.7 Å². The van der Waals surface area contributed by atoms with E-state index in [9.17, 15) is 29.1 Å². The molecule has 0 bridgehead atoms. The largest absolute Gasteiger partial charge is 0.504 e. The highest BCUT2D eigenvalue weighted by Gasteiger charge is 2.35. The Bertz CT molecular complexity index is 3950. The number of hydrogen-bond acceptors (Lipinski definition) is 10. The molecule has 7 rings (SSSR count). The molecule has 0 saturated carbocycles. The first-order valence-corrected chi connectivity index (χ1v) is 45.3. The third-order valence-electron chi connectivity index (χ3n) is 22.4. The molecule has 3 N–H and O–H groups in total. The summed E-state index contributed by atoms with van der Waals surface area (Å²) in [6.07, 6.45) is 64.3. The molecule has 10 nitrogen and oxygen atoms in total. The Kier molecular flexibility index (Phi) is 67.2. The van der Waals surface area contributed by atoms with Crippen molar-refractivity contribution in [1.29, 1.82) is 0 Å². The van der Waals surface area contributed by atoms with Crippen molar-refractivity contribution in [3.8, 4) is 11.5 Å². The van der Waals surface area contributed by atoms with E-state index in [1.807, 2.05) is 67.6 Å². The van der Waals surface area contributed by atoms with Gasteiger partial charge in [-0.25, -0.2) is 0 Å². The van der Waals surface area contributed by atoms with Gasteiger partial charge in [-0.15, -0.1) is 6.58 Å². The number of ether oxygens (including phenoxy) is 2. The van der Waals surface area contributed by atoms with Crippen LogP contribution in [-0.4, -0.2) is 65.8 Å². The molecule has 2 unspecified atom stereocenters. The number of phenols is 1. The van der Waals surface area contributed by atoms with E-state index < -0.39 is 0 Å². The second kappa shape index (κ2) is 69.7. The molecule has 123 heavy (non-hydrogen) atoms. The Hall–Kier alpha value is -8.57. The maximum absolute atomic E-state index is 10.9. The fourth-order valence-electron chi connectivity index (χ4n) is 14.5. The van der Waals surface area contributed by atoms with E-state index >= 15 is 0 Å². The van der Waals surface area contributed by atoms with Crippen LogP contribution in [0.1, 0.15) is 326 Å². The molecule has 686 valence electrons. The van der Waals surface area contributed by atoms with Crippen molar-refractivity contribution < 1.29 is 48.8 Å². The van der Waals surface area contributed by atoms with Gasteiger partial charge in [0.1, 0.15) is 19.2 Å². The summed E-state index contributed by atoms with van der Waals surface area (Å²) in [7, 11) is 1.53. The summed E-state index contributed by atoms with van der Waals surface area (Å²) in [6, 6.07) is 12.6. The summed E-state index contributed by atoms with van der Waals surface area (Å²) >= 11 is 0. The molecule has 0 spiro atoms. The molecule has 0 heterocycles. The zero-order valence-electron chi connectivity index (χ0n) is 83.0. The second-order valence-electron chi connectivity index (χ2n) is 36.7. The zero-order chi connectivity index (χ0) is 94.2. The number of allylic oxidation sites excluding steroid dienone is 31. The number of aliphatic hydroxyl groups is 2. The predicted octanol–water partition coefficient (Wildman–Crippen LogP) is 30.9. The summed E-state index contributed by atoms with van der Waals surface area (Å²) in [5.41, 5.74) is 22.9. The maximum Gasteiger partial charge on any atom is 0.302 e. The molecule has 10 heteroatoms. The summed E-state index contributed by atoms with van der Waals surface area (Å²) in [6.45, 7) is 67.2. The molecule has 0 aliphatic heterocycles. The lowest BCUT2D eigenvalue weighted by Gasteiger charge is -2.41. The third-order valence-corrected chi connectivity index (χ3v) is 22.4. The highest BCUT2D eigenvalue weighted by molar-refractivity contribution is 5.88. The molecule has 0 amide bonds. The number of esters is 1. The number of rotatable bonds is 28. The van der Waals surface area contributed by atoms with Crippen LogP contribution in [0.4, 0.5) is 0 Å². The summed E-state index contributed by atoms with van der Waals surface area (Å²) < 4.78 is 9.76. The van der Waals surface area contributed by atoms with Crippen molar-refractivity contribution in [2.45, 2.75) is 322 Å². The summed E-state index contributed by atoms with van der Waals surface area (Å²) in [5.74, 6) is 6.40. The van der Waals surface area contributed by atoms with Gasteiger partial charge in [0.2, 0.25) is 0 Å². The van der Waals surface area contributed by atoms with Gasteiger partial charge in [0.25, 0.3) is 0 Å². The van der Waals surface area contributed by atoms with Crippen LogP contribution in [0.25, 0.3) is 6.08 Å². The van der Waals surface area contributed by atoms with Crippen LogP contribution in [0, 0.1) is 52.3 Å². The van der Waals surface area contributed by atoms with E-state index in [1.54, 1.807) is 67.0 Å². The predicted molar refractivity (Wildman–Crippen MR) is 534 cm³/mol. The maximum atomic E-state index is 10.9. The molecule has 5 atom stereocenters. The Morgan fingerprint density at radius 3 is 1.62 bits per heavy atom. The van der Waals surface area contributed by atoms with E-state index in [0.717, 1.165) is 122 Å². The van der Waals surface area contributed by atoms with E-state index in [1.165, 1.54) is 146 Å². The van der Waals surface area contributed by atoms with Crippen LogP contribution < -0.4 is 4.74 Å². The first-order chi connectivity index (χ1) is 57.8. The van der Waals surface area contributed by atoms with Gasteiger partial charge in [0, 0.05) is 12.8 Å². The number of benzene rings is 2. The Labute approximate surface area is 752 Å². The van der Waals surface area contributed by atoms with Gasteiger partial charge >= 0.3 is 5.97 Å². The number of hydrogen-bond donors (Lipinski definition) is 3. The molecule has 0 fully saturated rings. The molecule has 5 aliphatic rings. The second-order valence-corrected chi connectivity index (χ2v) is 36.7. The van der Waals surface area contributed by atoms with Crippen molar-refractivity contribution in [3.05, 3.63) is 266 Å². The number of carbonyl (C=O) groups is 5. The van der Waals surface area contributed by atoms with Crippen LogP contribution in [0.15, 0.2) is 249 Å². The average molecular weight is 1690 g/mol. The number of aromatic hydroxyl groups is 1. The minimum atomic E-state index is -0.224. The minimum Gasteiger partial charge on any atom is -0.504 e. The number of carbonyl (C=O) groups excluding carboxylic acids is 5. The third kappa shape index (κ3) is 61.4. The zero-order valence-corrected chi connectivity index (χ0v) is 83.0. The van der Waals surface area contributed by atoms with Crippen molar-refractivity contribution >= 4 is 36.2 Å². The van der Waals surface area contributed by atoms with Crippen molar-refractivity contribution in [2.24, 2.45) is 52.3 Å². The highest BCUT2D eigenvalue weighted by Crippen LogP contribution is 2.46. The monoisotopic (exact) mass is 1690 g/mol. The normalized spacial score (nSPS) is 18.1. The van der Waals surface area contributed by atoms with Crippen LogP contribution in [-0.2, 0) is 41.7 Å². The molecule has 2 aromatic rings. The molecular formula is C113H174O10. The van der Waals surface area contributed by atoms with Gasteiger partial charge < -0.3 is 24.8 Å². The first-order valence-electron chi connectivity index (χ1n) is 45.3. The Morgan fingerprint density at radius 1 is 0.593 bits per heavy atom. The van der Waals surface area contributed by atoms with Crippen molar-refractivity contribution in [1.82, 2.24) is 0 Å². The van der Waals surface area contributed by atoms with Gasteiger partial charge in [-0.2, -0.15) is 0 Å². The fourth-order valence-corrected chi connectivity index (χ4v) is 14.5. The topological polar surface area (TPSA) is 164 Å². The van der Waals surface area contributed by atoms with Crippen LogP contribution >= 0.6 is 0 Å². The van der Waals surface area contributed by atoms with Gasteiger partial charge in [-0.3, -0.25) is 24.0 Å². The van der Waals surface area contributed by atoms with Crippen molar-refractivity contribution in [3.63, 3.8) is 0 Å². The molecule has 2 aromatic carbocycles. The Morgan fingerprint density at radius 2 is 1.15 bits per heavy atom. The summed E-state index contributed by atoms with van der Waals surface area (Å²) in [4.78, 5) is 52.3. The number of fused-ring (bicyclic) bond motifs is 1. The van der Waals surface area contributed by atoms with Crippen LogP contribution in [0.3, 0.4) is 0 Å². The molecule has 0 aromatic heterocycles. The van der Waals surface area contributed by atoms with E-state index in [2.05, 4.69) is 240 Å². The highest BCUT2D eigenvalue weighted by atomic mass is 16.5. The lowest BCUT2D eigenvalue weighted by atomic mass is 9.64. The molecule has 5 aliphatic carbocycles. The molecule has 0 radical (unpaired) electrons. The van der Waals surface area contributed by atoms with Crippen LogP contribution in [0.5, 0.6) is 11.5 Å². The number of aldehydes is 2. The SMILES string of the molecule is C=C/C(C)=C/CC=C(C)C.C=CCc1ccc(O)c(OC)c1.CC(=O)/C=C/C1=C(C)CCCC1(C)C.CC(=O)/C=C/C1C(C)=CCCC1(C)C.CC(=O)OC/C=C(\C)CCC=C(C)C.CC(C)=CCC/C(C)=C/C=O.CC(C)=CCC/C(C)=C/CO.CC1=CCC(C(C)C)CC1.CC1=C[C@@H]2[C@@H](CC1)C(C)=CC[C@H]2C(C)C.O=C/C=C/c1ccc(CO)cc1. The Balaban J connectivity index is -0.00000130. The minimum absolute atomic E-state index is 0.0532. The van der Waals surface area contributed by atoms with E-state index in [0.29, 0.717) is 23.7 Å². The van der Waals surface area contributed by atoms with E-state index in [-0.39, 0.29) is 41.9 Å². The van der Waals surface area contributed by atoms with Gasteiger partial charge in [0.15, 0.2) is 23.1 Å². The number of methoxy groups -OCH3 is 1.